The number of benzene rings is 1. The Morgan fingerprint density at radius 2 is 1.79 bits per heavy atom. The first kappa shape index (κ1) is 17.6. The summed E-state index contributed by atoms with van der Waals surface area (Å²) in [4.78, 5) is 20.7. The summed E-state index contributed by atoms with van der Waals surface area (Å²) in [5.41, 5.74) is 0.0303. The smallest absolute Gasteiger partial charge is 0.316 e. The summed E-state index contributed by atoms with van der Waals surface area (Å²) in [7, 11) is 0. The van der Waals surface area contributed by atoms with Crippen molar-refractivity contribution in [1.29, 1.82) is 0 Å². The molecule has 2 rings (SSSR count). The Bertz CT molecular complexity index is 732. The van der Waals surface area contributed by atoms with Crippen molar-refractivity contribution in [3.63, 3.8) is 0 Å². The van der Waals surface area contributed by atoms with E-state index in [9.17, 15) is 15.2 Å². The number of phenols is 1. The lowest BCUT2D eigenvalue weighted by molar-refractivity contribution is -0.385. The highest BCUT2D eigenvalue weighted by Crippen LogP contribution is 2.36. The van der Waals surface area contributed by atoms with Gasteiger partial charge in [0.25, 0.3) is 0 Å². The van der Waals surface area contributed by atoms with E-state index in [-0.39, 0.29) is 60.6 Å². The lowest BCUT2D eigenvalue weighted by atomic mass is 10.1. The third-order valence-corrected chi connectivity index (χ3v) is 3.41. The number of nitrogens with zero attached hydrogens (tertiary/aromatic N) is 4. The van der Waals surface area contributed by atoms with Gasteiger partial charge in [-0.1, -0.05) is 12.1 Å². The van der Waals surface area contributed by atoms with Crippen molar-refractivity contribution in [2.24, 2.45) is 0 Å². The Balaban J connectivity index is 2.66. The quantitative estimate of drug-likeness (QED) is 0.501. The van der Waals surface area contributed by atoms with Crippen LogP contribution in [0, 0.1) is 17.0 Å². The Morgan fingerprint density at radius 3 is 2.33 bits per heavy atom. The molecule has 0 aliphatic heterocycles. The normalized spacial score (nSPS) is 10.6. The molecule has 0 saturated heterocycles. The van der Waals surface area contributed by atoms with Gasteiger partial charge in [-0.2, -0.15) is 0 Å². The lowest BCUT2D eigenvalue weighted by Gasteiger charge is -2.21. The van der Waals surface area contributed by atoms with Crippen LogP contribution in [0.4, 0.5) is 11.6 Å². The summed E-state index contributed by atoms with van der Waals surface area (Å²) in [6, 6.07) is 6.17. The predicted molar refractivity (Wildman–Crippen MR) is 86.9 cm³/mol. The number of anilines is 1. The minimum atomic E-state index is -0.594. The standard InChI is InChI=1S/C15H18N4O5/c1-10-14(19(23)24)13(11-4-2-3-5-12(11)22)17-15(16-10)18(6-8-20)7-9-21/h2-5,20-22H,6-9H2,1H3. The van der Waals surface area contributed by atoms with E-state index in [0.29, 0.717) is 0 Å². The molecule has 0 unspecified atom stereocenters. The maximum atomic E-state index is 11.4. The van der Waals surface area contributed by atoms with Gasteiger partial charge in [-0.15, -0.1) is 0 Å². The molecule has 1 aromatic carbocycles. The minimum absolute atomic E-state index is 0.0125. The third-order valence-electron chi connectivity index (χ3n) is 3.41. The number of aryl methyl sites for hydroxylation is 1. The van der Waals surface area contributed by atoms with Gasteiger partial charge in [-0.05, 0) is 19.1 Å². The van der Waals surface area contributed by atoms with Crippen molar-refractivity contribution in [1.82, 2.24) is 9.97 Å². The second kappa shape index (κ2) is 7.66. The van der Waals surface area contributed by atoms with Crippen LogP contribution in [0.15, 0.2) is 24.3 Å². The zero-order valence-electron chi connectivity index (χ0n) is 13.1. The van der Waals surface area contributed by atoms with Gasteiger partial charge in [-0.3, -0.25) is 10.1 Å². The van der Waals surface area contributed by atoms with Gasteiger partial charge >= 0.3 is 5.69 Å². The average Bonchev–Trinajstić information content (AvgIpc) is 2.54. The molecule has 9 heteroatoms. The fourth-order valence-electron chi connectivity index (χ4n) is 2.33. The molecular formula is C15H18N4O5. The molecule has 3 N–H and O–H groups in total. The molecule has 0 spiro atoms. The average molecular weight is 334 g/mol. The van der Waals surface area contributed by atoms with Crippen LogP contribution in [0.5, 0.6) is 5.75 Å². The number of hydrogen-bond donors (Lipinski definition) is 3. The monoisotopic (exact) mass is 334 g/mol. The van der Waals surface area contributed by atoms with Gasteiger partial charge in [0, 0.05) is 18.7 Å². The van der Waals surface area contributed by atoms with E-state index < -0.39 is 4.92 Å². The van der Waals surface area contributed by atoms with E-state index in [2.05, 4.69) is 9.97 Å². The Kier molecular flexibility index (Phi) is 5.61. The molecule has 128 valence electrons. The zero-order valence-corrected chi connectivity index (χ0v) is 13.1. The number of aromatic hydroxyl groups is 1. The van der Waals surface area contributed by atoms with Crippen LogP contribution in [-0.4, -0.2) is 56.5 Å². The Hall–Kier alpha value is -2.78. The number of aliphatic hydroxyl groups is 2. The van der Waals surface area contributed by atoms with Crippen LogP contribution in [0.25, 0.3) is 11.3 Å². The van der Waals surface area contributed by atoms with Gasteiger partial charge < -0.3 is 20.2 Å². The second-order valence-electron chi connectivity index (χ2n) is 5.01. The molecule has 0 atom stereocenters. The van der Waals surface area contributed by atoms with Crippen LogP contribution >= 0.6 is 0 Å². The predicted octanol–water partition coefficient (Wildman–Crippen LogP) is 0.857. The largest absolute Gasteiger partial charge is 0.507 e. The maximum Gasteiger partial charge on any atom is 0.316 e. The lowest BCUT2D eigenvalue weighted by Crippen LogP contribution is -2.31. The van der Waals surface area contributed by atoms with Crippen LogP contribution in [0.2, 0.25) is 0 Å². The molecule has 9 nitrogen and oxygen atoms in total. The van der Waals surface area contributed by atoms with Crippen molar-refractivity contribution in [3.8, 4) is 17.0 Å². The highest BCUT2D eigenvalue weighted by atomic mass is 16.6. The topological polar surface area (TPSA) is 133 Å². The van der Waals surface area contributed by atoms with Crippen LogP contribution in [-0.2, 0) is 0 Å². The summed E-state index contributed by atoms with van der Waals surface area (Å²) < 4.78 is 0. The fraction of sp³-hybridized carbons (Fsp3) is 0.333. The number of aromatic nitrogens is 2. The van der Waals surface area contributed by atoms with Gasteiger partial charge in [0.1, 0.15) is 11.4 Å². The molecule has 0 aliphatic rings. The van der Waals surface area contributed by atoms with Crippen LogP contribution < -0.4 is 4.90 Å². The van der Waals surface area contributed by atoms with Crippen molar-refractivity contribution in [3.05, 3.63) is 40.1 Å². The highest BCUT2D eigenvalue weighted by molar-refractivity contribution is 5.76. The molecule has 2 aromatic rings. The van der Waals surface area contributed by atoms with E-state index in [0.717, 1.165) is 0 Å². The van der Waals surface area contributed by atoms with E-state index in [1.807, 2.05) is 0 Å². The summed E-state index contributed by atoms with van der Waals surface area (Å²) >= 11 is 0. The van der Waals surface area contributed by atoms with E-state index in [1.165, 1.54) is 24.0 Å². The van der Waals surface area contributed by atoms with E-state index in [1.54, 1.807) is 12.1 Å². The Morgan fingerprint density at radius 1 is 1.17 bits per heavy atom. The first-order valence-corrected chi connectivity index (χ1v) is 7.27. The summed E-state index contributed by atoms with van der Waals surface area (Å²) in [6.45, 7) is 1.43. The molecule has 1 heterocycles. The van der Waals surface area contributed by atoms with Crippen LogP contribution in [0.1, 0.15) is 5.69 Å². The summed E-state index contributed by atoms with van der Waals surface area (Å²) in [5, 5.41) is 39.7. The van der Waals surface area contributed by atoms with Gasteiger partial charge in [0.05, 0.1) is 18.1 Å². The molecule has 0 aliphatic carbocycles. The molecular weight excluding hydrogens is 316 g/mol. The molecule has 0 amide bonds. The molecule has 0 fully saturated rings. The number of nitro groups is 1. The second-order valence-corrected chi connectivity index (χ2v) is 5.01. The first-order chi connectivity index (χ1) is 11.5. The SMILES string of the molecule is Cc1nc(N(CCO)CCO)nc(-c2ccccc2O)c1[N+](=O)[O-]. The summed E-state index contributed by atoms with van der Waals surface area (Å²) in [5.74, 6) is -0.0000283. The highest BCUT2D eigenvalue weighted by Gasteiger charge is 2.26. The number of aliphatic hydroxyl groups excluding tert-OH is 2. The van der Waals surface area contributed by atoms with Crippen LogP contribution in [0.3, 0.4) is 0 Å². The van der Waals surface area contributed by atoms with Gasteiger partial charge in [-0.25, -0.2) is 9.97 Å². The molecule has 0 radical (unpaired) electrons. The third kappa shape index (κ3) is 3.58. The van der Waals surface area contributed by atoms with Crippen molar-refractivity contribution < 1.29 is 20.2 Å². The first-order valence-electron chi connectivity index (χ1n) is 7.27. The molecule has 0 saturated carbocycles. The van der Waals surface area contributed by atoms with Crippen molar-refractivity contribution >= 4 is 11.6 Å². The van der Waals surface area contributed by atoms with E-state index in [4.69, 9.17) is 10.2 Å². The van der Waals surface area contributed by atoms with Crippen molar-refractivity contribution in [2.45, 2.75) is 6.92 Å². The summed E-state index contributed by atoms with van der Waals surface area (Å²) in [6.07, 6.45) is 0. The number of phenolic OH excluding ortho intramolecular Hbond substituents is 1. The molecule has 24 heavy (non-hydrogen) atoms. The molecule has 1 aromatic heterocycles. The zero-order chi connectivity index (χ0) is 17.7. The number of rotatable bonds is 7. The fourth-order valence-corrected chi connectivity index (χ4v) is 2.33. The van der Waals surface area contributed by atoms with Gasteiger partial charge in [0.2, 0.25) is 5.95 Å². The minimum Gasteiger partial charge on any atom is -0.507 e. The van der Waals surface area contributed by atoms with Gasteiger partial charge in [0.15, 0.2) is 5.69 Å². The maximum absolute atomic E-state index is 11.4. The van der Waals surface area contributed by atoms with E-state index >= 15 is 0 Å². The molecule has 0 bridgehead atoms. The Labute approximate surface area is 138 Å². The van der Waals surface area contributed by atoms with Crippen molar-refractivity contribution in [2.75, 3.05) is 31.2 Å². The number of hydrogen-bond acceptors (Lipinski definition) is 8. The number of para-hydroxylation sites is 1.